The average molecular weight is 367 g/mol. The van der Waals surface area contributed by atoms with Crippen LogP contribution in [0.25, 0.3) is 10.7 Å². The third-order valence-electron chi connectivity index (χ3n) is 5.44. The molecule has 5 rings (SSSR count). The maximum absolute atomic E-state index is 4.62. The molecular weight excluding hydrogens is 346 g/mol. The van der Waals surface area contributed by atoms with Crippen LogP contribution in [0.3, 0.4) is 0 Å². The van der Waals surface area contributed by atoms with Gasteiger partial charge in [-0.1, -0.05) is 29.5 Å². The summed E-state index contributed by atoms with van der Waals surface area (Å²) in [5.41, 5.74) is 2.75. The molecule has 26 heavy (non-hydrogen) atoms. The Morgan fingerprint density at radius 3 is 2.46 bits per heavy atom. The van der Waals surface area contributed by atoms with Gasteiger partial charge in [-0.05, 0) is 23.8 Å². The lowest BCUT2D eigenvalue weighted by atomic mass is 10.0. The van der Waals surface area contributed by atoms with Gasteiger partial charge in [-0.25, -0.2) is 4.98 Å². The van der Waals surface area contributed by atoms with Gasteiger partial charge in [0.05, 0.1) is 18.1 Å². The maximum Gasteiger partial charge on any atom is 0.216 e. The molecule has 2 atom stereocenters. The predicted octanol–water partition coefficient (Wildman–Crippen LogP) is 2.21. The van der Waals surface area contributed by atoms with Crippen LogP contribution in [-0.2, 0) is 7.05 Å². The van der Waals surface area contributed by atoms with Gasteiger partial charge in [-0.2, -0.15) is 4.80 Å². The Balaban J connectivity index is 1.29. The first kappa shape index (κ1) is 15.7. The van der Waals surface area contributed by atoms with Crippen LogP contribution in [0.2, 0.25) is 0 Å². The van der Waals surface area contributed by atoms with Gasteiger partial charge in [0.25, 0.3) is 0 Å². The fraction of sp³-hybridized carbons (Fsp3) is 0.444. The van der Waals surface area contributed by atoms with Gasteiger partial charge in [0.15, 0.2) is 5.13 Å². The second-order valence-corrected chi connectivity index (χ2v) is 8.24. The summed E-state index contributed by atoms with van der Waals surface area (Å²) in [7, 11) is 1.78. The minimum absolute atomic E-state index is 0.654. The summed E-state index contributed by atoms with van der Waals surface area (Å²) in [5, 5.41) is 13.3. The number of para-hydroxylation sites is 1. The average Bonchev–Trinajstić information content (AvgIpc) is 3.37. The summed E-state index contributed by atoms with van der Waals surface area (Å²) < 4.78 is 0. The normalized spacial score (nSPS) is 22.2. The third kappa shape index (κ3) is 2.65. The molecule has 0 bridgehead atoms. The number of rotatable bonds is 3. The molecule has 2 saturated heterocycles. The minimum atomic E-state index is 0.654. The molecule has 2 aliphatic heterocycles. The van der Waals surface area contributed by atoms with Gasteiger partial charge in [0, 0.05) is 43.7 Å². The van der Waals surface area contributed by atoms with E-state index < -0.39 is 0 Å². The first-order chi connectivity index (χ1) is 12.7. The molecule has 0 saturated carbocycles. The topological polar surface area (TPSA) is 63.0 Å². The molecule has 2 fully saturated rings. The summed E-state index contributed by atoms with van der Waals surface area (Å²) >= 11 is 1.66. The van der Waals surface area contributed by atoms with Crippen LogP contribution in [-0.4, -0.2) is 51.4 Å². The second kappa shape index (κ2) is 6.05. The fourth-order valence-electron chi connectivity index (χ4n) is 4.16. The molecule has 0 aliphatic carbocycles. The number of hydrogen-bond acceptors (Lipinski definition) is 7. The predicted molar refractivity (Wildman–Crippen MR) is 102 cm³/mol. The van der Waals surface area contributed by atoms with Crippen molar-refractivity contribution in [2.24, 2.45) is 18.9 Å². The molecule has 0 spiro atoms. The number of aromatic nitrogens is 5. The van der Waals surface area contributed by atoms with E-state index in [1.54, 1.807) is 18.4 Å². The molecule has 7 nitrogen and oxygen atoms in total. The number of tetrazole rings is 1. The van der Waals surface area contributed by atoms with E-state index in [1.165, 1.54) is 16.0 Å². The molecule has 0 N–H and O–H groups in total. The summed E-state index contributed by atoms with van der Waals surface area (Å²) in [6.45, 7) is 6.63. The Morgan fingerprint density at radius 1 is 1.04 bits per heavy atom. The number of fused-ring (bicyclic) bond motifs is 1. The maximum atomic E-state index is 4.62. The largest absolute Gasteiger partial charge is 0.371 e. The quantitative estimate of drug-likeness (QED) is 0.707. The van der Waals surface area contributed by atoms with Crippen molar-refractivity contribution in [3.8, 4) is 10.7 Å². The summed E-state index contributed by atoms with van der Waals surface area (Å²) in [5.74, 6) is 2.06. The van der Waals surface area contributed by atoms with Crippen LogP contribution in [0.5, 0.6) is 0 Å². The lowest BCUT2D eigenvalue weighted by molar-refractivity contribution is 0.533. The van der Waals surface area contributed by atoms with E-state index in [4.69, 9.17) is 0 Å². The van der Waals surface area contributed by atoms with Crippen LogP contribution < -0.4 is 9.80 Å². The zero-order valence-corrected chi connectivity index (χ0v) is 15.7. The molecular formula is C18H21N7S. The van der Waals surface area contributed by atoms with E-state index >= 15 is 0 Å². The third-order valence-corrected chi connectivity index (χ3v) is 6.49. The Labute approximate surface area is 156 Å². The van der Waals surface area contributed by atoms with Gasteiger partial charge in [-0.15, -0.1) is 10.2 Å². The summed E-state index contributed by atoms with van der Waals surface area (Å²) in [6.07, 6.45) is 1.87. The Bertz CT molecular complexity index is 919. The first-order valence-corrected chi connectivity index (χ1v) is 9.75. The molecule has 2 unspecified atom stereocenters. The van der Waals surface area contributed by atoms with Gasteiger partial charge in [-0.3, -0.25) is 0 Å². The highest BCUT2D eigenvalue weighted by molar-refractivity contribution is 7.18. The van der Waals surface area contributed by atoms with Crippen molar-refractivity contribution in [2.75, 3.05) is 36.0 Å². The van der Waals surface area contributed by atoms with Crippen LogP contribution in [0, 0.1) is 18.8 Å². The molecule has 3 aromatic rings. The Kier molecular flexibility index (Phi) is 3.66. The van der Waals surface area contributed by atoms with Crippen molar-refractivity contribution in [2.45, 2.75) is 6.92 Å². The summed E-state index contributed by atoms with van der Waals surface area (Å²) in [4.78, 5) is 12.1. The van der Waals surface area contributed by atoms with Gasteiger partial charge in [0.1, 0.15) is 0 Å². The standard InChI is InChI=1S/C18H21N7S/c1-12-5-3-4-6-15(12)24-8-13-10-25(11-14(13)9-24)18-19-7-16(26-18)17-20-22-23(2)21-17/h3-7,13-14H,8-11H2,1-2H3. The van der Waals surface area contributed by atoms with Crippen molar-refractivity contribution < 1.29 is 0 Å². The van der Waals surface area contributed by atoms with Crippen molar-refractivity contribution in [3.63, 3.8) is 0 Å². The van der Waals surface area contributed by atoms with Crippen molar-refractivity contribution >= 4 is 22.2 Å². The highest BCUT2D eigenvalue weighted by Crippen LogP contribution is 2.39. The number of thiazole rings is 1. The van der Waals surface area contributed by atoms with E-state index in [2.05, 4.69) is 61.4 Å². The molecule has 0 radical (unpaired) electrons. The van der Waals surface area contributed by atoms with Gasteiger partial charge >= 0.3 is 0 Å². The lowest BCUT2D eigenvalue weighted by Gasteiger charge is -2.24. The number of aryl methyl sites for hydroxylation is 2. The zero-order valence-electron chi connectivity index (χ0n) is 14.9. The zero-order chi connectivity index (χ0) is 17.7. The SMILES string of the molecule is Cc1ccccc1N1CC2CN(c3ncc(-c4nnn(C)n4)s3)CC2C1. The molecule has 2 aromatic heterocycles. The van der Waals surface area contributed by atoms with E-state index in [0.717, 1.165) is 36.2 Å². The smallest absolute Gasteiger partial charge is 0.216 e. The minimum Gasteiger partial charge on any atom is -0.371 e. The van der Waals surface area contributed by atoms with E-state index in [-0.39, 0.29) is 0 Å². The number of hydrogen-bond donors (Lipinski definition) is 0. The number of nitrogens with zero attached hydrogens (tertiary/aromatic N) is 7. The molecule has 8 heteroatoms. The number of benzene rings is 1. The first-order valence-electron chi connectivity index (χ1n) is 8.93. The van der Waals surface area contributed by atoms with E-state index in [0.29, 0.717) is 17.7 Å². The van der Waals surface area contributed by atoms with Crippen LogP contribution >= 0.6 is 11.3 Å². The van der Waals surface area contributed by atoms with Crippen LogP contribution in [0.4, 0.5) is 10.8 Å². The fourth-order valence-corrected chi connectivity index (χ4v) is 5.02. The van der Waals surface area contributed by atoms with Crippen molar-refractivity contribution in [3.05, 3.63) is 36.0 Å². The van der Waals surface area contributed by atoms with Crippen molar-refractivity contribution in [1.29, 1.82) is 0 Å². The Hall–Kier alpha value is -2.48. The lowest BCUT2D eigenvalue weighted by Crippen LogP contribution is -2.28. The molecule has 1 aromatic carbocycles. The Morgan fingerprint density at radius 2 is 1.77 bits per heavy atom. The van der Waals surface area contributed by atoms with Gasteiger partial charge < -0.3 is 9.80 Å². The van der Waals surface area contributed by atoms with E-state index in [9.17, 15) is 0 Å². The van der Waals surface area contributed by atoms with E-state index in [1.807, 2.05) is 6.20 Å². The molecule has 4 heterocycles. The monoisotopic (exact) mass is 367 g/mol. The highest BCUT2D eigenvalue weighted by Gasteiger charge is 2.41. The molecule has 134 valence electrons. The van der Waals surface area contributed by atoms with Crippen LogP contribution in [0.15, 0.2) is 30.5 Å². The summed E-state index contributed by atoms with van der Waals surface area (Å²) in [6, 6.07) is 8.70. The number of anilines is 2. The molecule has 2 aliphatic rings. The highest BCUT2D eigenvalue weighted by atomic mass is 32.1. The second-order valence-electron chi connectivity index (χ2n) is 7.23. The van der Waals surface area contributed by atoms with Crippen LogP contribution in [0.1, 0.15) is 5.56 Å². The van der Waals surface area contributed by atoms with Crippen molar-refractivity contribution in [1.82, 2.24) is 25.2 Å². The molecule has 0 amide bonds. The van der Waals surface area contributed by atoms with Gasteiger partial charge in [0.2, 0.25) is 5.82 Å².